The largest absolute Gasteiger partial charge is 0.462 e. The highest BCUT2D eigenvalue weighted by molar-refractivity contribution is 6.01. The molecule has 0 fully saturated rings. The van der Waals surface area contributed by atoms with E-state index >= 15 is 0 Å². The fourth-order valence-electron chi connectivity index (χ4n) is 1.82. The average Bonchev–Trinajstić information content (AvgIpc) is 2.38. The Hall–Kier alpha value is -2.03. The van der Waals surface area contributed by atoms with Crippen molar-refractivity contribution in [2.24, 2.45) is 0 Å². The molecule has 0 aromatic heterocycles. The first kappa shape index (κ1) is 12.4. The standard InChI is InChI=1S/C15H17NO2/c1-2-3-8-18-15(17)13-9-11-6-4-5-7-12(11)10-14(13)16/h4-7,9-10H,2-3,8,16H2,1H3. The van der Waals surface area contributed by atoms with Crippen molar-refractivity contribution >= 4 is 22.4 Å². The SMILES string of the molecule is CCCCOC(=O)c1cc2ccccc2cc1N. The highest BCUT2D eigenvalue weighted by Gasteiger charge is 2.12. The summed E-state index contributed by atoms with van der Waals surface area (Å²) in [6.45, 7) is 2.50. The Labute approximate surface area is 107 Å². The Morgan fingerprint density at radius 1 is 1.22 bits per heavy atom. The minimum atomic E-state index is -0.341. The second-order valence-corrected chi connectivity index (χ2v) is 4.28. The van der Waals surface area contributed by atoms with E-state index in [1.165, 1.54) is 0 Å². The van der Waals surface area contributed by atoms with Crippen molar-refractivity contribution in [1.29, 1.82) is 0 Å². The van der Waals surface area contributed by atoms with Gasteiger partial charge in [0.2, 0.25) is 0 Å². The van der Waals surface area contributed by atoms with Gasteiger partial charge in [-0.2, -0.15) is 0 Å². The number of nitrogens with two attached hydrogens (primary N) is 1. The summed E-state index contributed by atoms with van der Waals surface area (Å²) in [6, 6.07) is 11.4. The van der Waals surface area contributed by atoms with Crippen molar-refractivity contribution in [1.82, 2.24) is 0 Å². The highest BCUT2D eigenvalue weighted by atomic mass is 16.5. The highest BCUT2D eigenvalue weighted by Crippen LogP contribution is 2.22. The van der Waals surface area contributed by atoms with E-state index in [0.717, 1.165) is 23.6 Å². The summed E-state index contributed by atoms with van der Waals surface area (Å²) >= 11 is 0. The van der Waals surface area contributed by atoms with E-state index in [1.807, 2.05) is 30.3 Å². The third-order valence-corrected chi connectivity index (χ3v) is 2.87. The van der Waals surface area contributed by atoms with E-state index in [4.69, 9.17) is 10.5 Å². The number of carbonyl (C=O) groups is 1. The lowest BCUT2D eigenvalue weighted by molar-refractivity contribution is 0.0501. The van der Waals surface area contributed by atoms with Crippen molar-refractivity contribution in [3.05, 3.63) is 42.0 Å². The van der Waals surface area contributed by atoms with Gasteiger partial charge in [0.05, 0.1) is 12.2 Å². The molecule has 0 aliphatic rings. The fraction of sp³-hybridized carbons (Fsp3) is 0.267. The van der Waals surface area contributed by atoms with Crippen LogP contribution in [0, 0.1) is 0 Å². The van der Waals surface area contributed by atoms with E-state index < -0.39 is 0 Å². The Morgan fingerprint density at radius 3 is 2.56 bits per heavy atom. The molecule has 0 unspecified atom stereocenters. The fourth-order valence-corrected chi connectivity index (χ4v) is 1.82. The number of benzene rings is 2. The van der Waals surface area contributed by atoms with Gasteiger partial charge in [0, 0.05) is 5.69 Å². The lowest BCUT2D eigenvalue weighted by atomic mass is 10.1. The molecule has 2 aromatic carbocycles. The predicted octanol–water partition coefficient (Wildman–Crippen LogP) is 3.38. The van der Waals surface area contributed by atoms with Crippen LogP contribution in [0.5, 0.6) is 0 Å². The molecule has 18 heavy (non-hydrogen) atoms. The number of hydrogen-bond acceptors (Lipinski definition) is 3. The van der Waals surface area contributed by atoms with E-state index in [1.54, 1.807) is 6.07 Å². The third-order valence-electron chi connectivity index (χ3n) is 2.87. The summed E-state index contributed by atoms with van der Waals surface area (Å²) in [6.07, 6.45) is 1.87. The van der Waals surface area contributed by atoms with E-state index in [2.05, 4.69) is 6.92 Å². The van der Waals surface area contributed by atoms with Gasteiger partial charge in [-0.15, -0.1) is 0 Å². The van der Waals surface area contributed by atoms with Gasteiger partial charge < -0.3 is 10.5 Å². The first-order valence-corrected chi connectivity index (χ1v) is 6.17. The summed E-state index contributed by atoms with van der Waals surface area (Å²) in [5.74, 6) is -0.341. The smallest absolute Gasteiger partial charge is 0.340 e. The maximum atomic E-state index is 11.9. The molecule has 3 heteroatoms. The molecule has 0 radical (unpaired) electrons. The van der Waals surface area contributed by atoms with Crippen molar-refractivity contribution in [2.45, 2.75) is 19.8 Å². The van der Waals surface area contributed by atoms with E-state index in [9.17, 15) is 4.79 Å². The van der Waals surface area contributed by atoms with E-state index in [-0.39, 0.29) is 5.97 Å². The molecule has 0 aliphatic carbocycles. The minimum Gasteiger partial charge on any atom is -0.462 e. The van der Waals surface area contributed by atoms with Crippen LogP contribution in [0.25, 0.3) is 10.8 Å². The molecular weight excluding hydrogens is 226 g/mol. The summed E-state index contributed by atoms with van der Waals surface area (Å²) < 4.78 is 5.18. The van der Waals surface area contributed by atoms with Crippen LogP contribution in [0.15, 0.2) is 36.4 Å². The van der Waals surface area contributed by atoms with Crippen molar-refractivity contribution < 1.29 is 9.53 Å². The number of rotatable bonds is 4. The van der Waals surface area contributed by atoms with Crippen LogP contribution in [-0.2, 0) is 4.74 Å². The van der Waals surface area contributed by atoms with Crippen LogP contribution < -0.4 is 5.73 Å². The molecule has 0 saturated carbocycles. The molecular formula is C15H17NO2. The zero-order valence-corrected chi connectivity index (χ0v) is 10.5. The second kappa shape index (κ2) is 5.54. The number of carbonyl (C=O) groups excluding carboxylic acids is 1. The molecule has 0 atom stereocenters. The van der Waals surface area contributed by atoms with Gasteiger partial charge in [0.15, 0.2) is 0 Å². The lowest BCUT2D eigenvalue weighted by Gasteiger charge is -2.08. The van der Waals surface area contributed by atoms with Gasteiger partial charge in [0.25, 0.3) is 0 Å². The number of ether oxygens (including phenoxy) is 1. The number of hydrogen-bond donors (Lipinski definition) is 1. The number of unbranched alkanes of at least 4 members (excludes halogenated alkanes) is 1. The van der Waals surface area contributed by atoms with Crippen LogP contribution in [0.2, 0.25) is 0 Å². The molecule has 2 rings (SSSR count). The Bertz CT molecular complexity index is 563. The zero-order valence-electron chi connectivity index (χ0n) is 10.5. The number of nitrogen functional groups attached to an aromatic ring is 1. The maximum absolute atomic E-state index is 11.9. The number of fused-ring (bicyclic) bond motifs is 1. The summed E-state index contributed by atoms with van der Waals surface area (Å²) in [5, 5.41) is 2.02. The molecule has 0 spiro atoms. The van der Waals surface area contributed by atoms with Crippen molar-refractivity contribution in [2.75, 3.05) is 12.3 Å². The van der Waals surface area contributed by atoms with Gasteiger partial charge in [-0.05, 0) is 29.3 Å². The molecule has 0 amide bonds. The summed E-state index contributed by atoms with van der Waals surface area (Å²) in [5.41, 5.74) is 6.81. The quantitative estimate of drug-likeness (QED) is 0.509. The van der Waals surface area contributed by atoms with Crippen LogP contribution in [0.3, 0.4) is 0 Å². The second-order valence-electron chi connectivity index (χ2n) is 4.28. The minimum absolute atomic E-state index is 0.341. The van der Waals surface area contributed by atoms with Crippen LogP contribution in [0.1, 0.15) is 30.1 Å². The van der Waals surface area contributed by atoms with Crippen LogP contribution >= 0.6 is 0 Å². The first-order chi connectivity index (χ1) is 8.72. The van der Waals surface area contributed by atoms with Gasteiger partial charge >= 0.3 is 5.97 Å². The lowest BCUT2D eigenvalue weighted by Crippen LogP contribution is -2.09. The maximum Gasteiger partial charge on any atom is 0.340 e. The Morgan fingerprint density at radius 2 is 1.89 bits per heavy atom. The molecule has 3 nitrogen and oxygen atoms in total. The molecule has 0 heterocycles. The molecule has 0 saturated heterocycles. The number of anilines is 1. The molecule has 0 aliphatic heterocycles. The van der Waals surface area contributed by atoms with Gasteiger partial charge in [0.1, 0.15) is 0 Å². The normalized spacial score (nSPS) is 10.5. The van der Waals surface area contributed by atoms with Crippen LogP contribution in [0.4, 0.5) is 5.69 Å². The average molecular weight is 243 g/mol. The Balaban J connectivity index is 2.27. The first-order valence-electron chi connectivity index (χ1n) is 6.17. The van der Waals surface area contributed by atoms with Gasteiger partial charge in [-0.1, -0.05) is 37.6 Å². The molecule has 2 N–H and O–H groups in total. The van der Waals surface area contributed by atoms with Crippen LogP contribution in [-0.4, -0.2) is 12.6 Å². The third kappa shape index (κ3) is 2.62. The summed E-state index contributed by atoms with van der Waals surface area (Å²) in [7, 11) is 0. The van der Waals surface area contributed by atoms with E-state index in [0.29, 0.717) is 17.9 Å². The summed E-state index contributed by atoms with van der Waals surface area (Å²) in [4.78, 5) is 11.9. The topological polar surface area (TPSA) is 52.3 Å². The van der Waals surface area contributed by atoms with Crippen molar-refractivity contribution in [3.8, 4) is 0 Å². The van der Waals surface area contributed by atoms with Crippen molar-refractivity contribution in [3.63, 3.8) is 0 Å². The molecule has 94 valence electrons. The molecule has 2 aromatic rings. The zero-order chi connectivity index (χ0) is 13.0. The van der Waals surface area contributed by atoms with Gasteiger partial charge in [-0.3, -0.25) is 0 Å². The Kier molecular flexibility index (Phi) is 3.82. The predicted molar refractivity (Wildman–Crippen MR) is 73.6 cm³/mol. The van der Waals surface area contributed by atoms with Gasteiger partial charge in [-0.25, -0.2) is 4.79 Å². The monoisotopic (exact) mass is 243 g/mol. The number of esters is 1. The molecule has 0 bridgehead atoms.